The summed E-state index contributed by atoms with van der Waals surface area (Å²) in [5, 5.41) is 12.7. The van der Waals surface area contributed by atoms with E-state index in [0.29, 0.717) is 25.6 Å². The van der Waals surface area contributed by atoms with Gasteiger partial charge in [-0.2, -0.15) is 0 Å². The molecule has 0 aromatic carbocycles. The maximum Gasteiger partial charge on any atom is 0.237 e. The van der Waals surface area contributed by atoms with E-state index in [1.54, 1.807) is 6.08 Å². The van der Waals surface area contributed by atoms with Crippen molar-refractivity contribution in [3.63, 3.8) is 0 Å². The van der Waals surface area contributed by atoms with Gasteiger partial charge in [-0.05, 0) is 17.9 Å². The standard InChI is InChI=1S/C16H26N2O2/c1-5-6-7-13(4)10-18-11-14(19)9-17-16(20)15(18)8-12(2)3/h5-7,12,14-15,19H,1,4,8-11H2,2-3H3,(H,17,20)/b7-6-. The van der Waals surface area contributed by atoms with Gasteiger partial charge in [0, 0.05) is 19.6 Å². The summed E-state index contributed by atoms with van der Waals surface area (Å²) in [5.41, 5.74) is 0.903. The number of aliphatic hydroxyl groups is 1. The maximum atomic E-state index is 12.2. The molecule has 0 aromatic rings. The van der Waals surface area contributed by atoms with Gasteiger partial charge in [0.15, 0.2) is 0 Å². The Kier molecular flexibility index (Phi) is 6.68. The first-order valence-electron chi connectivity index (χ1n) is 7.10. The average Bonchev–Trinajstić information content (AvgIpc) is 2.49. The maximum absolute atomic E-state index is 12.2. The van der Waals surface area contributed by atoms with E-state index in [1.807, 2.05) is 17.1 Å². The molecule has 1 aliphatic heterocycles. The molecule has 1 amide bonds. The van der Waals surface area contributed by atoms with Crippen LogP contribution in [0.4, 0.5) is 0 Å². The molecule has 1 aliphatic rings. The van der Waals surface area contributed by atoms with Crippen LogP contribution in [0.3, 0.4) is 0 Å². The zero-order valence-electron chi connectivity index (χ0n) is 12.5. The molecule has 2 atom stereocenters. The number of rotatable bonds is 6. The summed E-state index contributed by atoms with van der Waals surface area (Å²) in [7, 11) is 0. The van der Waals surface area contributed by atoms with Crippen molar-refractivity contribution >= 4 is 5.91 Å². The summed E-state index contributed by atoms with van der Waals surface area (Å²) in [6, 6.07) is -0.207. The first kappa shape index (κ1) is 16.7. The van der Waals surface area contributed by atoms with Gasteiger partial charge >= 0.3 is 0 Å². The Morgan fingerprint density at radius 2 is 2.30 bits per heavy atom. The molecule has 0 radical (unpaired) electrons. The number of allylic oxidation sites excluding steroid dienone is 2. The van der Waals surface area contributed by atoms with Crippen LogP contribution in [0, 0.1) is 5.92 Å². The first-order valence-corrected chi connectivity index (χ1v) is 7.10. The molecule has 2 unspecified atom stereocenters. The fourth-order valence-electron chi connectivity index (χ4n) is 2.36. The van der Waals surface area contributed by atoms with Crippen LogP contribution in [0.15, 0.2) is 37.0 Å². The Morgan fingerprint density at radius 3 is 2.90 bits per heavy atom. The van der Waals surface area contributed by atoms with Crippen molar-refractivity contribution in [2.45, 2.75) is 32.4 Å². The lowest BCUT2D eigenvalue weighted by molar-refractivity contribution is -0.125. The lowest BCUT2D eigenvalue weighted by atomic mass is 10.0. The SMILES string of the molecule is C=C/C=C\C(=C)CN1CC(O)CNC(=O)C1CC(C)C. The van der Waals surface area contributed by atoms with Crippen LogP contribution in [0.25, 0.3) is 0 Å². The van der Waals surface area contributed by atoms with Gasteiger partial charge < -0.3 is 10.4 Å². The van der Waals surface area contributed by atoms with Crippen molar-refractivity contribution in [1.82, 2.24) is 10.2 Å². The molecule has 1 heterocycles. The van der Waals surface area contributed by atoms with Gasteiger partial charge in [-0.25, -0.2) is 0 Å². The second-order valence-electron chi connectivity index (χ2n) is 5.73. The third-order valence-electron chi connectivity index (χ3n) is 3.27. The Morgan fingerprint density at radius 1 is 1.60 bits per heavy atom. The highest BCUT2D eigenvalue weighted by Gasteiger charge is 2.31. The predicted molar refractivity (Wildman–Crippen MR) is 82.3 cm³/mol. The molecular formula is C16H26N2O2. The molecule has 1 saturated heterocycles. The van der Waals surface area contributed by atoms with Gasteiger partial charge in [0.05, 0.1) is 12.1 Å². The van der Waals surface area contributed by atoms with Gasteiger partial charge in [-0.1, -0.05) is 45.2 Å². The van der Waals surface area contributed by atoms with Crippen LogP contribution in [0.5, 0.6) is 0 Å². The minimum Gasteiger partial charge on any atom is -0.390 e. The van der Waals surface area contributed by atoms with Crippen LogP contribution in [-0.2, 0) is 4.79 Å². The second-order valence-corrected chi connectivity index (χ2v) is 5.73. The highest BCUT2D eigenvalue weighted by molar-refractivity contribution is 5.82. The zero-order chi connectivity index (χ0) is 15.1. The smallest absolute Gasteiger partial charge is 0.237 e. The van der Waals surface area contributed by atoms with Crippen molar-refractivity contribution in [3.8, 4) is 0 Å². The van der Waals surface area contributed by atoms with Crippen molar-refractivity contribution < 1.29 is 9.90 Å². The first-order chi connectivity index (χ1) is 9.43. The van der Waals surface area contributed by atoms with E-state index in [4.69, 9.17) is 0 Å². The summed E-state index contributed by atoms with van der Waals surface area (Å²) < 4.78 is 0. The largest absolute Gasteiger partial charge is 0.390 e. The molecule has 1 fully saturated rings. The number of hydrogen-bond acceptors (Lipinski definition) is 3. The van der Waals surface area contributed by atoms with Crippen LogP contribution >= 0.6 is 0 Å². The second kappa shape index (κ2) is 8.02. The molecule has 0 aromatic heterocycles. The topological polar surface area (TPSA) is 52.6 Å². The van der Waals surface area contributed by atoms with E-state index in [-0.39, 0.29) is 11.9 Å². The van der Waals surface area contributed by atoms with E-state index in [0.717, 1.165) is 12.0 Å². The third kappa shape index (κ3) is 5.31. The van der Waals surface area contributed by atoms with Crippen molar-refractivity contribution in [1.29, 1.82) is 0 Å². The molecule has 1 rings (SSSR count). The highest BCUT2D eigenvalue weighted by Crippen LogP contribution is 2.16. The number of nitrogens with zero attached hydrogens (tertiary/aromatic N) is 1. The molecule has 112 valence electrons. The molecular weight excluding hydrogens is 252 g/mol. The fourth-order valence-corrected chi connectivity index (χ4v) is 2.36. The van der Waals surface area contributed by atoms with Gasteiger partial charge in [-0.15, -0.1) is 0 Å². The Balaban J connectivity index is 2.82. The molecule has 0 saturated carbocycles. The predicted octanol–water partition coefficient (Wildman–Crippen LogP) is 1.49. The minimum absolute atomic E-state index is 0.00393. The van der Waals surface area contributed by atoms with E-state index >= 15 is 0 Å². The molecule has 0 bridgehead atoms. The van der Waals surface area contributed by atoms with Gasteiger partial charge in [0.25, 0.3) is 0 Å². The number of carbonyl (C=O) groups is 1. The minimum atomic E-state index is -0.535. The summed E-state index contributed by atoms with van der Waals surface area (Å²) >= 11 is 0. The molecule has 2 N–H and O–H groups in total. The molecule has 0 spiro atoms. The average molecular weight is 278 g/mol. The number of amides is 1. The third-order valence-corrected chi connectivity index (χ3v) is 3.27. The van der Waals surface area contributed by atoms with Crippen LogP contribution in [-0.4, -0.2) is 47.7 Å². The van der Waals surface area contributed by atoms with Gasteiger partial charge in [0.1, 0.15) is 0 Å². The number of nitrogens with one attached hydrogen (secondary N) is 1. The number of hydrogen-bond donors (Lipinski definition) is 2. The number of carbonyl (C=O) groups excluding carboxylic acids is 1. The van der Waals surface area contributed by atoms with Crippen molar-refractivity contribution in [3.05, 3.63) is 37.0 Å². The molecule has 0 aliphatic carbocycles. The zero-order valence-corrected chi connectivity index (χ0v) is 12.5. The molecule has 20 heavy (non-hydrogen) atoms. The fraction of sp³-hybridized carbons (Fsp3) is 0.562. The Labute approximate surface area is 121 Å². The number of β-amino-alcohol motifs (C(OH)–C–C–N with tert-alkyl or cyclic N) is 1. The van der Waals surface area contributed by atoms with E-state index in [1.165, 1.54) is 0 Å². The highest BCUT2D eigenvalue weighted by atomic mass is 16.3. The van der Waals surface area contributed by atoms with E-state index < -0.39 is 6.10 Å². The number of aliphatic hydroxyl groups excluding tert-OH is 1. The molecule has 4 heteroatoms. The van der Waals surface area contributed by atoms with Crippen LogP contribution in [0.1, 0.15) is 20.3 Å². The summed E-state index contributed by atoms with van der Waals surface area (Å²) in [5.74, 6) is 0.413. The Bertz CT molecular complexity index is 388. The van der Waals surface area contributed by atoms with Gasteiger partial charge in [-0.3, -0.25) is 9.69 Å². The molecule has 4 nitrogen and oxygen atoms in total. The Hall–Kier alpha value is -1.39. The summed E-state index contributed by atoms with van der Waals surface area (Å²) in [4.78, 5) is 14.2. The summed E-state index contributed by atoms with van der Waals surface area (Å²) in [6.07, 6.45) is 5.65. The van der Waals surface area contributed by atoms with Crippen LogP contribution < -0.4 is 5.32 Å². The van der Waals surface area contributed by atoms with E-state index in [9.17, 15) is 9.90 Å². The van der Waals surface area contributed by atoms with Crippen LogP contribution in [0.2, 0.25) is 0 Å². The monoisotopic (exact) mass is 278 g/mol. The lowest BCUT2D eigenvalue weighted by Gasteiger charge is -2.30. The summed E-state index contributed by atoms with van der Waals surface area (Å²) in [6.45, 7) is 13.2. The quantitative estimate of drug-likeness (QED) is 0.724. The van der Waals surface area contributed by atoms with E-state index in [2.05, 4.69) is 32.3 Å². The van der Waals surface area contributed by atoms with Gasteiger partial charge in [0.2, 0.25) is 5.91 Å². The van der Waals surface area contributed by atoms with Crippen molar-refractivity contribution in [2.75, 3.05) is 19.6 Å². The normalized spacial score (nSPS) is 24.7. The lowest BCUT2D eigenvalue weighted by Crippen LogP contribution is -2.46. The van der Waals surface area contributed by atoms with Crippen molar-refractivity contribution in [2.24, 2.45) is 5.92 Å².